The van der Waals surface area contributed by atoms with Crippen molar-refractivity contribution in [2.75, 3.05) is 0 Å². The third-order valence-corrected chi connectivity index (χ3v) is 2.86. The molecule has 1 heterocycles. The molecule has 1 aromatic carbocycles. The van der Waals surface area contributed by atoms with Crippen molar-refractivity contribution in [3.63, 3.8) is 0 Å². The predicted molar refractivity (Wildman–Crippen MR) is 59.8 cm³/mol. The summed E-state index contributed by atoms with van der Waals surface area (Å²) in [5.41, 5.74) is 0.219. The molecule has 0 amide bonds. The molecule has 16 heavy (non-hydrogen) atoms. The smallest absolute Gasteiger partial charge is 0.137 e. The lowest BCUT2D eigenvalue weighted by Crippen LogP contribution is -1.95. The summed E-state index contributed by atoms with van der Waals surface area (Å²) >= 11 is 1.58. The highest BCUT2D eigenvalue weighted by molar-refractivity contribution is 7.09. The lowest BCUT2D eigenvalue weighted by atomic mass is 10.2. The van der Waals surface area contributed by atoms with E-state index in [-0.39, 0.29) is 5.56 Å². The van der Waals surface area contributed by atoms with E-state index in [0.717, 1.165) is 4.88 Å². The molecule has 0 aliphatic heterocycles. The van der Waals surface area contributed by atoms with Crippen LogP contribution < -0.4 is 4.74 Å². The molecule has 0 saturated carbocycles. The maximum Gasteiger partial charge on any atom is 0.137 e. The van der Waals surface area contributed by atoms with E-state index in [9.17, 15) is 4.39 Å². The number of ether oxygens (including phenoxy) is 1. The minimum Gasteiger partial charge on any atom is -0.487 e. The van der Waals surface area contributed by atoms with Gasteiger partial charge in [0.25, 0.3) is 0 Å². The third kappa shape index (κ3) is 2.38. The van der Waals surface area contributed by atoms with Crippen molar-refractivity contribution < 1.29 is 9.13 Å². The molecule has 0 saturated heterocycles. The van der Waals surface area contributed by atoms with Crippen LogP contribution in [0.1, 0.15) is 10.4 Å². The van der Waals surface area contributed by atoms with Crippen molar-refractivity contribution >= 4 is 11.3 Å². The van der Waals surface area contributed by atoms with Crippen molar-refractivity contribution in [1.82, 2.24) is 0 Å². The van der Waals surface area contributed by atoms with Gasteiger partial charge >= 0.3 is 0 Å². The Morgan fingerprint density at radius 3 is 2.94 bits per heavy atom. The fourth-order valence-corrected chi connectivity index (χ4v) is 1.88. The molecule has 0 atom stereocenters. The SMILES string of the molecule is N#Cc1cc(F)ccc1OCc1cccs1. The fourth-order valence-electron chi connectivity index (χ4n) is 1.26. The van der Waals surface area contributed by atoms with Gasteiger partial charge in [-0.05, 0) is 29.6 Å². The maximum absolute atomic E-state index is 12.8. The third-order valence-electron chi connectivity index (χ3n) is 2.01. The summed E-state index contributed by atoms with van der Waals surface area (Å²) in [6.07, 6.45) is 0. The topological polar surface area (TPSA) is 33.0 Å². The Morgan fingerprint density at radius 2 is 2.25 bits per heavy atom. The van der Waals surface area contributed by atoms with Crippen LogP contribution >= 0.6 is 11.3 Å². The van der Waals surface area contributed by atoms with E-state index in [0.29, 0.717) is 12.4 Å². The number of benzene rings is 1. The zero-order chi connectivity index (χ0) is 11.4. The number of nitrogens with zero attached hydrogens (tertiary/aromatic N) is 1. The first kappa shape index (κ1) is 10.7. The van der Waals surface area contributed by atoms with Crippen LogP contribution in [0.5, 0.6) is 5.75 Å². The molecule has 2 rings (SSSR count). The Balaban J connectivity index is 2.13. The van der Waals surface area contributed by atoms with Crippen molar-refractivity contribution in [3.05, 3.63) is 52.0 Å². The zero-order valence-corrected chi connectivity index (χ0v) is 9.13. The van der Waals surface area contributed by atoms with Crippen LogP contribution in [0.4, 0.5) is 4.39 Å². The molecule has 0 N–H and O–H groups in total. The summed E-state index contributed by atoms with van der Waals surface area (Å²) < 4.78 is 18.3. The monoisotopic (exact) mass is 233 g/mol. The maximum atomic E-state index is 12.8. The van der Waals surface area contributed by atoms with Crippen LogP contribution in [0.25, 0.3) is 0 Å². The largest absolute Gasteiger partial charge is 0.487 e. The van der Waals surface area contributed by atoms with Crippen molar-refractivity contribution in [3.8, 4) is 11.8 Å². The second-order valence-electron chi connectivity index (χ2n) is 3.12. The highest BCUT2D eigenvalue weighted by atomic mass is 32.1. The lowest BCUT2D eigenvalue weighted by Gasteiger charge is -2.06. The number of hydrogen-bond acceptors (Lipinski definition) is 3. The number of nitriles is 1. The second-order valence-corrected chi connectivity index (χ2v) is 4.15. The summed E-state index contributed by atoms with van der Waals surface area (Å²) in [7, 11) is 0. The van der Waals surface area contributed by atoms with Gasteiger partial charge in [0.05, 0.1) is 5.56 Å². The minimum atomic E-state index is -0.431. The molecule has 0 aliphatic rings. The average Bonchev–Trinajstić information content (AvgIpc) is 2.80. The molecule has 0 aliphatic carbocycles. The van der Waals surface area contributed by atoms with E-state index in [4.69, 9.17) is 10.00 Å². The van der Waals surface area contributed by atoms with Crippen LogP contribution in [0.15, 0.2) is 35.7 Å². The molecule has 0 unspecified atom stereocenters. The van der Waals surface area contributed by atoms with Gasteiger partial charge in [0.2, 0.25) is 0 Å². The van der Waals surface area contributed by atoms with Crippen molar-refractivity contribution in [2.24, 2.45) is 0 Å². The van der Waals surface area contributed by atoms with Crippen molar-refractivity contribution in [2.45, 2.75) is 6.61 Å². The first-order chi connectivity index (χ1) is 7.79. The van der Waals surface area contributed by atoms with Gasteiger partial charge in [-0.15, -0.1) is 11.3 Å². The van der Waals surface area contributed by atoms with Crippen molar-refractivity contribution in [1.29, 1.82) is 5.26 Å². The van der Waals surface area contributed by atoms with E-state index >= 15 is 0 Å². The number of hydrogen-bond donors (Lipinski definition) is 0. The molecule has 2 aromatic rings. The lowest BCUT2D eigenvalue weighted by molar-refractivity contribution is 0.308. The summed E-state index contributed by atoms with van der Waals surface area (Å²) in [6, 6.07) is 9.71. The van der Waals surface area contributed by atoms with Gasteiger partial charge in [-0.25, -0.2) is 4.39 Å². The van der Waals surface area contributed by atoms with E-state index in [1.807, 2.05) is 23.6 Å². The first-order valence-corrected chi connectivity index (χ1v) is 5.52. The molecule has 1 aromatic heterocycles. The number of thiophene rings is 1. The number of rotatable bonds is 3. The Kier molecular flexibility index (Phi) is 3.18. The van der Waals surface area contributed by atoms with Crippen LogP contribution in [0.2, 0.25) is 0 Å². The van der Waals surface area contributed by atoms with Gasteiger partial charge in [0.1, 0.15) is 24.2 Å². The molecular weight excluding hydrogens is 225 g/mol. The van der Waals surface area contributed by atoms with Gasteiger partial charge < -0.3 is 4.74 Å². The molecule has 0 bridgehead atoms. The van der Waals surface area contributed by atoms with Crippen LogP contribution in [0, 0.1) is 17.1 Å². The number of halogens is 1. The molecule has 80 valence electrons. The van der Waals surface area contributed by atoms with Gasteiger partial charge in [0.15, 0.2) is 0 Å². The van der Waals surface area contributed by atoms with Gasteiger partial charge in [-0.2, -0.15) is 5.26 Å². The standard InChI is InChI=1S/C12H8FNOS/c13-10-3-4-12(9(6-10)7-14)15-8-11-2-1-5-16-11/h1-6H,8H2. The summed E-state index contributed by atoms with van der Waals surface area (Å²) in [5.74, 6) is -0.0164. The quantitative estimate of drug-likeness (QED) is 0.814. The normalized spacial score (nSPS) is 9.75. The fraction of sp³-hybridized carbons (Fsp3) is 0.0833. The summed E-state index contributed by atoms with van der Waals surface area (Å²) in [6.45, 7) is 0.401. The van der Waals surface area contributed by atoms with E-state index in [1.165, 1.54) is 18.2 Å². The predicted octanol–water partition coefficient (Wildman–Crippen LogP) is 3.34. The highest BCUT2D eigenvalue weighted by Crippen LogP contribution is 2.20. The van der Waals surface area contributed by atoms with Crippen LogP contribution in [-0.4, -0.2) is 0 Å². The minimum absolute atomic E-state index is 0.219. The Bertz CT molecular complexity index is 516. The van der Waals surface area contributed by atoms with Gasteiger partial charge in [0, 0.05) is 4.88 Å². The Hall–Kier alpha value is -1.86. The van der Waals surface area contributed by atoms with Crippen LogP contribution in [-0.2, 0) is 6.61 Å². The molecule has 4 heteroatoms. The van der Waals surface area contributed by atoms with Gasteiger partial charge in [-0.1, -0.05) is 6.07 Å². The second kappa shape index (κ2) is 4.77. The molecule has 2 nitrogen and oxygen atoms in total. The molecular formula is C12H8FNOS. The Morgan fingerprint density at radius 1 is 1.38 bits per heavy atom. The Labute approximate surface area is 96.5 Å². The van der Waals surface area contributed by atoms with E-state index < -0.39 is 5.82 Å². The average molecular weight is 233 g/mol. The molecule has 0 radical (unpaired) electrons. The van der Waals surface area contributed by atoms with Gasteiger partial charge in [-0.3, -0.25) is 0 Å². The molecule has 0 spiro atoms. The van der Waals surface area contributed by atoms with Crippen LogP contribution in [0.3, 0.4) is 0 Å². The van der Waals surface area contributed by atoms with E-state index in [2.05, 4.69) is 0 Å². The summed E-state index contributed by atoms with van der Waals surface area (Å²) in [4.78, 5) is 1.06. The highest BCUT2D eigenvalue weighted by Gasteiger charge is 2.05. The van der Waals surface area contributed by atoms with E-state index in [1.54, 1.807) is 11.3 Å². The zero-order valence-electron chi connectivity index (χ0n) is 8.31. The summed E-state index contributed by atoms with van der Waals surface area (Å²) in [5, 5.41) is 10.8. The first-order valence-electron chi connectivity index (χ1n) is 4.64. The molecule has 0 fully saturated rings.